The summed E-state index contributed by atoms with van der Waals surface area (Å²) in [6, 6.07) is 7.81. The summed E-state index contributed by atoms with van der Waals surface area (Å²) in [5.74, 6) is 0.914. The lowest BCUT2D eigenvalue weighted by atomic mass is 10.0. The minimum absolute atomic E-state index is 0.120. The van der Waals surface area contributed by atoms with E-state index in [0.29, 0.717) is 0 Å². The molecule has 0 N–H and O–H groups in total. The Bertz CT molecular complexity index is 441. The van der Waals surface area contributed by atoms with Crippen molar-refractivity contribution >= 4 is 5.91 Å². The first-order valence-corrected chi connectivity index (χ1v) is 7.61. The molecule has 2 rings (SSSR count). The fourth-order valence-corrected chi connectivity index (χ4v) is 2.80. The van der Waals surface area contributed by atoms with Gasteiger partial charge in [-0.25, -0.2) is 0 Å². The molecule has 1 aliphatic rings. The second kappa shape index (κ2) is 6.89. The molecular weight excluding hydrogens is 248 g/mol. The molecule has 1 heterocycles. The number of nitrogens with zero attached hydrogens (tertiary/aromatic N) is 2. The lowest BCUT2D eigenvalue weighted by Gasteiger charge is -2.32. The highest BCUT2D eigenvalue weighted by Crippen LogP contribution is 2.15. The number of amides is 1. The molecule has 1 fully saturated rings. The second-order valence-corrected chi connectivity index (χ2v) is 6.14. The summed E-state index contributed by atoms with van der Waals surface area (Å²) in [6.45, 7) is 8.49. The minimum atomic E-state index is 0.120. The molecule has 1 unspecified atom stereocenters. The fraction of sp³-hybridized carbons (Fsp3) is 0.588. The van der Waals surface area contributed by atoms with Crippen molar-refractivity contribution in [3.63, 3.8) is 0 Å². The summed E-state index contributed by atoms with van der Waals surface area (Å²) in [6.07, 6.45) is 2.63. The van der Waals surface area contributed by atoms with Gasteiger partial charge in [-0.1, -0.05) is 24.6 Å². The predicted molar refractivity (Wildman–Crippen MR) is 83.0 cm³/mol. The van der Waals surface area contributed by atoms with Crippen molar-refractivity contribution in [1.29, 1.82) is 0 Å². The van der Waals surface area contributed by atoms with Gasteiger partial charge in [0.25, 0.3) is 5.91 Å². The van der Waals surface area contributed by atoms with Crippen molar-refractivity contribution in [1.82, 2.24) is 9.80 Å². The number of carbonyl (C=O) groups excluding carboxylic acids is 1. The zero-order valence-electron chi connectivity index (χ0n) is 12.9. The SMILES string of the molecule is Cc1ccc(C(=O)N(C)CCN2CCCC(C)C2)cc1. The molecule has 0 radical (unpaired) electrons. The van der Waals surface area contributed by atoms with Crippen LogP contribution in [0.25, 0.3) is 0 Å². The normalized spacial score (nSPS) is 19.9. The van der Waals surface area contributed by atoms with Crippen LogP contribution in [0.2, 0.25) is 0 Å². The number of piperidine rings is 1. The van der Waals surface area contributed by atoms with Crippen molar-refractivity contribution in [2.24, 2.45) is 5.92 Å². The first-order valence-electron chi connectivity index (χ1n) is 7.61. The average molecular weight is 274 g/mol. The van der Waals surface area contributed by atoms with Crippen LogP contribution in [0.1, 0.15) is 35.7 Å². The number of likely N-dealkylation sites (tertiary alicyclic amines) is 1. The maximum Gasteiger partial charge on any atom is 0.253 e. The van der Waals surface area contributed by atoms with Gasteiger partial charge in [-0.05, 0) is 44.4 Å². The molecule has 3 nitrogen and oxygen atoms in total. The third-order valence-corrected chi connectivity index (χ3v) is 4.14. The number of carbonyl (C=O) groups is 1. The molecule has 110 valence electrons. The van der Waals surface area contributed by atoms with E-state index < -0.39 is 0 Å². The maximum absolute atomic E-state index is 12.3. The number of likely N-dealkylation sites (N-methyl/N-ethyl adjacent to an activating group) is 1. The molecule has 0 saturated carbocycles. The van der Waals surface area contributed by atoms with Gasteiger partial charge >= 0.3 is 0 Å². The van der Waals surface area contributed by atoms with Crippen LogP contribution >= 0.6 is 0 Å². The smallest absolute Gasteiger partial charge is 0.253 e. The molecular formula is C17H26N2O. The van der Waals surface area contributed by atoms with E-state index in [9.17, 15) is 4.79 Å². The van der Waals surface area contributed by atoms with Crippen LogP contribution in [-0.4, -0.2) is 48.9 Å². The predicted octanol–water partition coefficient (Wildman–Crippen LogP) is 2.80. The van der Waals surface area contributed by atoms with Gasteiger partial charge < -0.3 is 9.80 Å². The number of hydrogen-bond donors (Lipinski definition) is 0. The highest BCUT2D eigenvalue weighted by molar-refractivity contribution is 5.94. The molecule has 1 aliphatic heterocycles. The third-order valence-electron chi connectivity index (χ3n) is 4.14. The molecule has 0 spiro atoms. The zero-order valence-corrected chi connectivity index (χ0v) is 12.9. The van der Waals surface area contributed by atoms with Crippen molar-refractivity contribution < 1.29 is 4.79 Å². The number of rotatable bonds is 4. The first kappa shape index (κ1) is 15.0. The Hall–Kier alpha value is -1.35. The molecule has 0 aromatic heterocycles. The molecule has 1 aromatic carbocycles. The first-order chi connectivity index (χ1) is 9.56. The maximum atomic E-state index is 12.3. The Labute approximate surface area is 122 Å². The standard InChI is InChI=1S/C17H26N2O/c1-14-6-8-16(9-7-14)17(20)18(3)11-12-19-10-4-5-15(2)13-19/h6-9,15H,4-5,10-13H2,1-3H3. The lowest BCUT2D eigenvalue weighted by molar-refractivity contribution is 0.0765. The summed E-state index contributed by atoms with van der Waals surface area (Å²) in [7, 11) is 1.90. The van der Waals surface area contributed by atoms with E-state index in [4.69, 9.17) is 0 Å². The Morgan fingerprint density at radius 2 is 2.05 bits per heavy atom. The van der Waals surface area contributed by atoms with Crippen molar-refractivity contribution in [2.75, 3.05) is 33.2 Å². The average Bonchev–Trinajstić information content (AvgIpc) is 2.45. The van der Waals surface area contributed by atoms with Crippen LogP contribution in [0.4, 0.5) is 0 Å². The largest absolute Gasteiger partial charge is 0.340 e. The number of benzene rings is 1. The summed E-state index contributed by atoms with van der Waals surface area (Å²) in [5.41, 5.74) is 1.97. The van der Waals surface area contributed by atoms with Gasteiger partial charge in [-0.15, -0.1) is 0 Å². The molecule has 0 aliphatic carbocycles. The van der Waals surface area contributed by atoms with Gasteiger partial charge in [0.15, 0.2) is 0 Å². The van der Waals surface area contributed by atoms with E-state index in [1.807, 2.05) is 43.1 Å². The monoisotopic (exact) mass is 274 g/mol. The van der Waals surface area contributed by atoms with Crippen LogP contribution in [0, 0.1) is 12.8 Å². The quantitative estimate of drug-likeness (QED) is 0.843. The number of hydrogen-bond acceptors (Lipinski definition) is 2. The van der Waals surface area contributed by atoms with Crippen LogP contribution in [0.5, 0.6) is 0 Å². The topological polar surface area (TPSA) is 23.6 Å². The Morgan fingerprint density at radius 1 is 1.35 bits per heavy atom. The van der Waals surface area contributed by atoms with Crippen LogP contribution in [-0.2, 0) is 0 Å². The molecule has 3 heteroatoms. The zero-order chi connectivity index (χ0) is 14.5. The van der Waals surface area contributed by atoms with E-state index in [-0.39, 0.29) is 5.91 Å². The minimum Gasteiger partial charge on any atom is -0.340 e. The van der Waals surface area contributed by atoms with E-state index in [2.05, 4.69) is 11.8 Å². The van der Waals surface area contributed by atoms with E-state index in [1.54, 1.807) is 0 Å². The Balaban J connectivity index is 1.83. The van der Waals surface area contributed by atoms with Gasteiger partial charge in [0.05, 0.1) is 0 Å². The molecule has 1 saturated heterocycles. The van der Waals surface area contributed by atoms with E-state index in [0.717, 1.165) is 24.6 Å². The number of aryl methyl sites for hydroxylation is 1. The van der Waals surface area contributed by atoms with Crippen molar-refractivity contribution in [2.45, 2.75) is 26.7 Å². The molecule has 1 atom stereocenters. The fourth-order valence-electron chi connectivity index (χ4n) is 2.80. The molecule has 1 aromatic rings. The van der Waals surface area contributed by atoms with Crippen LogP contribution in [0.15, 0.2) is 24.3 Å². The van der Waals surface area contributed by atoms with Crippen LogP contribution in [0.3, 0.4) is 0 Å². The summed E-state index contributed by atoms with van der Waals surface area (Å²) >= 11 is 0. The second-order valence-electron chi connectivity index (χ2n) is 6.14. The third kappa shape index (κ3) is 4.07. The Morgan fingerprint density at radius 3 is 2.70 bits per heavy atom. The van der Waals surface area contributed by atoms with E-state index in [1.165, 1.54) is 31.5 Å². The van der Waals surface area contributed by atoms with Gasteiger partial charge in [-0.2, -0.15) is 0 Å². The Kier molecular flexibility index (Phi) is 5.18. The van der Waals surface area contributed by atoms with Gasteiger partial charge in [-0.3, -0.25) is 4.79 Å². The molecule has 0 bridgehead atoms. The summed E-state index contributed by atoms with van der Waals surface area (Å²) < 4.78 is 0. The molecule has 1 amide bonds. The van der Waals surface area contributed by atoms with Gasteiger partial charge in [0.1, 0.15) is 0 Å². The van der Waals surface area contributed by atoms with E-state index >= 15 is 0 Å². The van der Waals surface area contributed by atoms with Crippen molar-refractivity contribution in [3.05, 3.63) is 35.4 Å². The molecule has 20 heavy (non-hydrogen) atoms. The van der Waals surface area contributed by atoms with Crippen LogP contribution < -0.4 is 0 Å². The van der Waals surface area contributed by atoms with Gasteiger partial charge in [0.2, 0.25) is 0 Å². The highest BCUT2D eigenvalue weighted by Gasteiger charge is 2.17. The summed E-state index contributed by atoms with van der Waals surface area (Å²) in [4.78, 5) is 16.6. The van der Waals surface area contributed by atoms with Gasteiger partial charge in [0, 0.05) is 32.2 Å². The highest BCUT2D eigenvalue weighted by atomic mass is 16.2. The lowest BCUT2D eigenvalue weighted by Crippen LogP contribution is -2.40. The van der Waals surface area contributed by atoms with Crippen molar-refractivity contribution in [3.8, 4) is 0 Å². The summed E-state index contributed by atoms with van der Waals surface area (Å²) in [5, 5.41) is 0.